The summed E-state index contributed by atoms with van der Waals surface area (Å²) in [6.45, 7) is 4.31. The normalized spacial score (nSPS) is 11.1. The van der Waals surface area contributed by atoms with Crippen LogP contribution in [0.1, 0.15) is 22.5 Å². The molecule has 0 radical (unpaired) electrons. The van der Waals surface area contributed by atoms with Gasteiger partial charge >= 0.3 is 0 Å². The van der Waals surface area contributed by atoms with Crippen molar-refractivity contribution in [3.05, 3.63) is 69.4 Å². The fraction of sp³-hybridized carbons (Fsp3) is 0.222. The Balaban J connectivity index is 2.04. The van der Waals surface area contributed by atoms with Gasteiger partial charge in [-0.05, 0) is 42.6 Å². The van der Waals surface area contributed by atoms with Gasteiger partial charge in [-0.3, -0.25) is 4.99 Å². The van der Waals surface area contributed by atoms with Crippen molar-refractivity contribution < 1.29 is 0 Å². The second kappa shape index (κ2) is 6.56. The smallest absolute Gasteiger partial charge is 0.152 e. The molecular weight excluding hydrogens is 300 g/mol. The highest BCUT2D eigenvalue weighted by Crippen LogP contribution is 2.27. The van der Waals surface area contributed by atoms with Gasteiger partial charge in [0.05, 0.1) is 29.5 Å². The van der Waals surface area contributed by atoms with Gasteiger partial charge in [-0.2, -0.15) is 0 Å². The molecule has 0 amide bonds. The molecule has 0 aliphatic heterocycles. The topological polar surface area (TPSA) is 78.9 Å². The van der Waals surface area contributed by atoms with E-state index in [1.807, 2.05) is 55.8 Å². The summed E-state index contributed by atoms with van der Waals surface area (Å²) < 4.78 is 2.01. The lowest BCUT2D eigenvalue weighted by Crippen LogP contribution is -1.96. The Labute approximate surface area is 140 Å². The van der Waals surface area contributed by atoms with Crippen molar-refractivity contribution in [1.29, 1.82) is 0 Å². The molecular formula is C18H18N6. The molecule has 0 saturated carbocycles. The molecule has 3 rings (SSSR count). The van der Waals surface area contributed by atoms with Gasteiger partial charge in [0.2, 0.25) is 0 Å². The van der Waals surface area contributed by atoms with E-state index in [0.717, 1.165) is 39.2 Å². The predicted octanol–water partition coefficient (Wildman–Crippen LogP) is 4.75. The summed E-state index contributed by atoms with van der Waals surface area (Å²) in [4.78, 5) is 12.1. The molecule has 0 unspecified atom stereocenters. The Kier molecular flexibility index (Phi) is 4.31. The van der Waals surface area contributed by atoms with Gasteiger partial charge in [0.15, 0.2) is 5.82 Å². The summed E-state index contributed by atoms with van der Waals surface area (Å²) in [6, 6.07) is 12.1. The predicted molar refractivity (Wildman–Crippen MR) is 96.7 cm³/mol. The molecule has 3 aromatic rings. The second-order valence-electron chi connectivity index (χ2n) is 5.75. The maximum absolute atomic E-state index is 8.59. The Morgan fingerprint density at radius 3 is 2.79 bits per heavy atom. The van der Waals surface area contributed by atoms with E-state index in [2.05, 4.69) is 26.1 Å². The van der Waals surface area contributed by atoms with Crippen molar-refractivity contribution in [2.24, 2.45) is 17.2 Å². The summed E-state index contributed by atoms with van der Waals surface area (Å²) in [7, 11) is 1.97. The summed E-state index contributed by atoms with van der Waals surface area (Å²) in [6.07, 6.45) is 1.76. The lowest BCUT2D eigenvalue weighted by atomic mass is 10.0. The zero-order valence-corrected chi connectivity index (χ0v) is 13.9. The molecule has 120 valence electrons. The lowest BCUT2D eigenvalue weighted by Gasteiger charge is -2.08. The van der Waals surface area contributed by atoms with Crippen molar-refractivity contribution in [1.82, 2.24) is 9.55 Å². The molecule has 0 atom stereocenters. The van der Waals surface area contributed by atoms with E-state index in [0.29, 0.717) is 0 Å². The summed E-state index contributed by atoms with van der Waals surface area (Å²) >= 11 is 0. The molecule has 2 aromatic carbocycles. The molecule has 0 fully saturated rings. The minimum atomic E-state index is 0.286. The highest BCUT2D eigenvalue weighted by atomic mass is 15.1. The molecule has 6 nitrogen and oxygen atoms in total. The van der Waals surface area contributed by atoms with E-state index in [1.165, 1.54) is 0 Å². The van der Waals surface area contributed by atoms with Crippen LogP contribution in [0.2, 0.25) is 0 Å². The highest BCUT2D eigenvalue weighted by molar-refractivity contribution is 5.86. The van der Waals surface area contributed by atoms with Crippen LogP contribution in [0.4, 0.5) is 5.69 Å². The fourth-order valence-corrected chi connectivity index (χ4v) is 2.86. The zero-order valence-electron chi connectivity index (χ0n) is 13.9. The number of hydrogen-bond acceptors (Lipinski definition) is 3. The first-order chi connectivity index (χ1) is 11.6. The summed E-state index contributed by atoms with van der Waals surface area (Å²) in [5.74, 6) is 0.783. The van der Waals surface area contributed by atoms with Crippen LogP contribution in [-0.2, 0) is 13.6 Å². The molecule has 0 aliphatic rings. The quantitative estimate of drug-likeness (QED) is 0.296. The number of rotatable bonds is 4. The highest BCUT2D eigenvalue weighted by Gasteiger charge is 2.08. The van der Waals surface area contributed by atoms with Gasteiger partial charge in [0.1, 0.15) is 0 Å². The number of aliphatic imine (C=N–C) groups is 1. The molecule has 6 heteroatoms. The third-order valence-electron chi connectivity index (χ3n) is 3.96. The number of benzene rings is 2. The maximum Gasteiger partial charge on any atom is 0.152 e. The molecule has 0 saturated heterocycles. The third kappa shape index (κ3) is 3.00. The SMILES string of the molecule is Cc1cc(C)c(/N=C/c2nc3ccccc3n2C)c(CN=[N+]=[N-])c1. The average Bonchev–Trinajstić information content (AvgIpc) is 2.88. The van der Waals surface area contributed by atoms with Crippen molar-refractivity contribution in [3.63, 3.8) is 0 Å². The first-order valence-electron chi connectivity index (χ1n) is 7.66. The van der Waals surface area contributed by atoms with Gasteiger partial charge in [0.25, 0.3) is 0 Å². The first kappa shape index (κ1) is 15.8. The second-order valence-corrected chi connectivity index (χ2v) is 5.75. The van der Waals surface area contributed by atoms with E-state index in [4.69, 9.17) is 5.53 Å². The van der Waals surface area contributed by atoms with E-state index in [9.17, 15) is 0 Å². The Morgan fingerprint density at radius 2 is 2.04 bits per heavy atom. The van der Waals surface area contributed by atoms with Crippen LogP contribution in [0.15, 0.2) is 46.5 Å². The average molecular weight is 318 g/mol. The number of fused-ring (bicyclic) bond motifs is 1. The fourth-order valence-electron chi connectivity index (χ4n) is 2.86. The standard InChI is InChI=1S/C18H18N6/c1-12-8-13(2)18(14(9-12)10-21-23-19)20-11-17-22-15-6-4-5-7-16(15)24(17)3/h4-9,11H,10H2,1-3H3/b20-11+. The van der Waals surface area contributed by atoms with E-state index >= 15 is 0 Å². The first-order valence-corrected chi connectivity index (χ1v) is 7.66. The molecule has 24 heavy (non-hydrogen) atoms. The van der Waals surface area contributed by atoms with Crippen molar-refractivity contribution in [3.8, 4) is 0 Å². The van der Waals surface area contributed by atoms with Crippen LogP contribution < -0.4 is 0 Å². The number of nitrogens with zero attached hydrogens (tertiary/aromatic N) is 6. The Hall–Kier alpha value is -3.11. The molecule has 0 bridgehead atoms. The van der Waals surface area contributed by atoms with Crippen LogP contribution in [-0.4, -0.2) is 15.8 Å². The molecule has 1 heterocycles. The zero-order chi connectivity index (χ0) is 17.1. The van der Waals surface area contributed by atoms with Gasteiger partial charge in [-0.25, -0.2) is 4.98 Å². The van der Waals surface area contributed by atoms with Gasteiger partial charge in [-0.15, -0.1) is 0 Å². The number of hydrogen-bond donors (Lipinski definition) is 0. The van der Waals surface area contributed by atoms with Crippen LogP contribution in [0.3, 0.4) is 0 Å². The van der Waals surface area contributed by atoms with Crippen molar-refractivity contribution in [2.45, 2.75) is 20.4 Å². The van der Waals surface area contributed by atoms with Crippen LogP contribution in [0.5, 0.6) is 0 Å². The van der Waals surface area contributed by atoms with Crippen LogP contribution in [0.25, 0.3) is 21.5 Å². The Bertz CT molecular complexity index is 977. The van der Waals surface area contributed by atoms with Crippen molar-refractivity contribution in [2.75, 3.05) is 0 Å². The van der Waals surface area contributed by atoms with Gasteiger partial charge in [0, 0.05) is 12.0 Å². The minimum Gasteiger partial charge on any atom is -0.326 e. The molecule has 0 spiro atoms. The van der Waals surface area contributed by atoms with E-state index < -0.39 is 0 Å². The molecule has 0 N–H and O–H groups in total. The molecule has 1 aromatic heterocycles. The van der Waals surface area contributed by atoms with Gasteiger partial charge in [-0.1, -0.05) is 34.9 Å². The largest absolute Gasteiger partial charge is 0.326 e. The monoisotopic (exact) mass is 318 g/mol. The van der Waals surface area contributed by atoms with Gasteiger partial charge < -0.3 is 4.57 Å². The summed E-state index contributed by atoms with van der Waals surface area (Å²) in [5.41, 5.74) is 14.5. The lowest BCUT2D eigenvalue weighted by molar-refractivity contribution is 0.934. The number of aryl methyl sites for hydroxylation is 3. The van der Waals surface area contributed by atoms with E-state index in [-0.39, 0.29) is 6.54 Å². The summed E-state index contributed by atoms with van der Waals surface area (Å²) in [5, 5.41) is 3.68. The third-order valence-corrected chi connectivity index (χ3v) is 3.96. The van der Waals surface area contributed by atoms with Crippen LogP contribution >= 0.6 is 0 Å². The van der Waals surface area contributed by atoms with E-state index in [1.54, 1.807) is 6.21 Å². The maximum atomic E-state index is 8.59. The molecule has 0 aliphatic carbocycles. The number of imidazole rings is 1. The number of para-hydroxylation sites is 2. The van der Waals surface area contributed by atoms with Crippen LogP contribution in [0, 0.1) is 13.8 Å². The number of azide groups is 1. The van der Waals surface area contributed by atoms with Crippen molar-refractivity contribution >= 4 is 22.9 Å². The minimum absolute atomic E-state index is 0.286. The number of aromatic nitrogens is 2. The Morgan fingerprint density at radius 1 is 1.25 bits per heavy atom.